The maximum Gasteiger partial charge on any atom is 0.0650 e. The summed E-state index contributed by atoms with van der Waals surface area (Å²) in [7, 11) is 0. The van der Waals surface area contributed by atoms with Crippen molar-refractivity contribution >= 4 is 6.08 Å². The molecule has 1 heteroatoms. The molecule has 0 radical (unpaired) electrons. The molecule has 124 valence electrons. The monoisotopic (exact) mass is 302 g/mol. The highest BCUT2D eigenvalue weighted by Gasteiger charge is 1.92. The van der Waals surface area contributed by atoms with Crippen LogP contribution in [0.4, 0.5) is 0 Å². The van der Waals surface area contributed by atoms with Crippen molar-refractivity contribution in [3.8, 4) is 0 Å². The molecule has 0 aliphatic rings. The van der Waals surface area contributed by atoms with Crippen LogP contribution in [0.1, 0.15) is 76.7 Å². The lowest BCUT2D eigenvalue weighted by Gasteiger charge is -2.03. The van der Waals surface area contributed by atoms with E-state index < -0.39 is 0 Å². The van der Waals surface area contributed by atoms with Gasteiger partial charge in [0.15, 0.2) is 0 Å². The number of rotatable bonds is 14. The second kappa shape index (κ2) is 14.8. The van der Waals surface area contributed by atoms with Gasteiger partial charge in [-0.1, -0.05) is 107 Å². The minimum atomic E-state index is 0.728. The zero-order valence-electron chi connectivity index (χ0n) is 14.4. The highest BCUT2D eigenvalue weighted by molar-refractivity contribution is 5.48. The number of benzene rings is 1. The van der Waals surface area contributed by atoms with Crippen molar-refractivity contribution in [2.24, 2.45) is 0 Å². The smallest absolute Gasteiger partial charge is 0.0650 e. The fourth-order valence-electron chi connectivity index (χ4n) is 2.59. The van der Waals surface area contributed by atoms with Gasteiger partial charge in [-0.2, -0.15) is 0 Å². The van der Waals surface area contributed by atoms with Crippen molar-refractivity contribution in [1.29, 1.82) is 0 Å². The molecule has 0 spiro atoms. The maximum absolute atomic E-state index is 5.64. The van der Waals surface area contributed by atoms with Crippen LogP contribution in [0.5, 0.6) is 0 Å². The van der Waals surface area contributed by atoms with Gasteiger partial charge in [-0.05, 0) is 12.0 Å². The van der Waals surface area contributed by atoms with Crippen molar-refractivity contribution in [1.82, 2.24) is 0 Å². The first-order valence-electron chi connectivity index (χ1n) is 9.23. The van der Waals surface area contributed by atoms with Crippen molar-refractivity contribution in [3.05, 3.63) is 42.0 Å². The second-order valence-electron chi connectivity index (χ2n) is 6.07. The third-order valence-electron chi connectivity index (χ3n) is 3.97. The van der Waals surface area contributed by atoms with E-state index in [2.05, 4.69) is 43.3 Å². The van der Waals surface area contributed by atoms with E-state index in [1.807, 2.05) is 6.07 Å². The Labute approximate surface area is 137 Å². The van der Waals surface area contributed by atoms with E-state index in [-0.39, 0.29) is 0 Å². The molecule has 0 aliphatic heterocycles. The Morgan fingerprint density at radius 3 is 2.00 bits per heavy atom. The van der Waals surface area contributed by atoms with Crippen LogP contribution in [-0.2, 0) is 4.74 Å². The van der Waals surface area contributed by atoms with E-state index in [1.54, 1.807) is 0 Å². The Kier molecular flexibility index (Phi) is 12.8. The fraction of sp³-hybridized carbons (Fsp3) is 0.619. The van der Waals surface area contributed by atoms with Gasteiger partial charge in [-0.25, -0.2) is 0 Å². The fourth-order valence-corrected chi connectivity index (χ4v) is 2.59. The first kappa shape index (κ1) is 19.0. The molecule has 0 aliphatic carbocycles. The molecule has 1 nitrogen and oxygen atoms in total. The molecule has 0 fully saturated rings. The van der Waals surface area contributed by atoms with Gasteiger partial charge in [0, 0.05) is 6.61 Å². The molecule has 1 aromatic carbocycles. The average Bonchev–Trinajstić information content (AvgIpc) is 2.56. The van der Waals surface area contributed by atoms with Crippen LogP contribution >= 0.6 is 0 Å². The summed E-state index contributed by atoms with van der Waals surface area (Å²) < 4.78 is 5.64. The Morgan fingerprint density at radius 1 is 0.773 bits per heavy atom. The molecule has 0 unspecified atom stereocenters. The topological polar surface area (TPSA) is 9.23 Å². The van der Waals surface area contributed by atoms with Gasteiger partial charge < -0.3 is 4.74 Å². The van der Waals surface area contributed by atoms with Crippen LogP contribution in [0.15, 0.2) is 36.4 Å². The molecule has 1 aromatic rings. The number of unbranched alkanes of at least 4 members (excludes halogenated alkanes) is 9. The highest BCUT2D eigenvalue weighted by Crippen LogP contribution is 2.10. The molecule has 1 rings (SSSR count). The summed E-state index contributed by atoms with van der Waals surface area (Å²) in [6, 6.07) is 10.4. The zero-order chi connectivity index (χ0) is 15.7. The highest BCUT2D eigenvalue weighted by atomic mass is 16.5. The minimum absolute atomic E-state index is 0.728. The molecule has 0 heterocycles. The van der Waals surface area contributed by atoms with Crippen LogP contribution in [0.3, 0.4) is 0 Å². The van der Waals surface area contributed by atoms with Gasteiger partial charge in [0.25, 0.3) is 0 Å². The normalized spacial score (nSPS) is 11.3. The Bertz CT molecular complexity index is 355. The molecular weight excluding hydrogens is 268 g/mol. The first-order chi connectivity index (χ1) is 10.9. The van der Waals surface area contributed by atoms with Crippen molar-refractivity contribution in [2.45, 2.75) is 71.1 Å². The van der Waals surface area contributed by atoms with Gasteiger partial charge in [0.1, 0.15) is 0 Å². The summed E-state index contributed by atoms with van der Waals surface area (Å²) in [4.78, 5) is 0. The quantitative estimate of drug-likeness (QED) is 0.350. The maximum atomic E-state index is 5.64. The second-order valence-corrected chi connectivity index (χ2v) is 6.07. The standard InChI is InChI=1S/C21H34O/c1-2-3-4-5-6-7-8-9-10-14-19-22-20-15-18-21-16-12-11-13-17-21/h11-13,15-18H,2-10,14,19-20H2,1H3. The summed E-state index contributed by atoms with van der Waals surface area (Å²) in [5.74, 6) is 0. The van der Waals surface area contributed by atoms with Gasteiger partial charge in [-0.3, -0.25) is 0 Å². The van der Waals surface area contributed by atoms with Crippen LogP contribution in [0.2, 0.25) is 0 Å². The van der Waals surface area contributed by atoms with Crippen LogP contribution in [0.25, 0.3) is 6.08 Å². The van der Waals surface area contributed by atoms with Crippen molar-refractivity contribution in [3.63, 3.8) is 0 Å². The number of hydrogen-bond acceptors (Lipinski definition) is 1. The third kappa shape index (κ3) is 11.6. The Balaban J connectivity index is 1.79. The Hall–Kier alpha value is -1.08. The molecule has 0 saturated carbocycles. The first-order valence-corrected chi connectivity index (χ1v) is 9.23. The third-order valence-corrected chi connectivity index (χ3v) is 3.97. The predicted molar refractivity (Wildman–Crippen MR) is 98.1 cm³/mol. The van der Waals surface area contributed by atoms with E-state index in [4.69, 9.17) is 4.74 Å². The van der Waals surface area contributed by atoms with E-state index >= 15 is 0 Å². The van der Waals surface area contributed by atoms with Crippen molar-refractivity contribution in [2.75, 3.05) is 13.2 Å². The molecule has 22 heavy (non-hydrogen) atoms. The van der Waals surface area contributed by atoms with E-state index in [0.29, 0.717) is 0 Å². The minimum Gasteiger partial charge on any atom is -0.377 e. The van der Waals surface area contributed by atoms with Crippen LogP contribution < -0.4 is 0 Å². The zero-order valence-corrected chi connectivity index (χ0v) is 14.4. The summed E-state index contributed by atoms with van der Waals surface area (Å²) in [5.41, 5.74) is 1.24. The largest absolute Gasteiger partial charge is 0.377 e. The molecule has 0 N–H and O–H groups in total. The lowest BCUT2D eigenvalue weighted by molar-refractivity contribution is 0.157. The molecule has 0 bridgehead atoms. The van der Waals surface area contributed by atoms with Crippen molar-refractivity contribution < 1.29 is 4.74 Å². The van der Waals surface area contributed by atoms with Crippen LogP contribution in [0, 0.1) is 0 Å². The van der Waals surface area contributed by atoms with E-state index in [0.717, 1.165) is 13.2 Å². The summed E-state index contributed by atoms with van der Waals surface area (Å²) in [6.45, 7) is 3.90. The van der Waals surface area contributed by atoms with E-state index in [9.17, 15) is 0 Å². The SMILES string of the molecule is CCCCCCCCCCCCOCC=Cc1ccccc1. The molecular formula is C21H34O. The average molecular weight is 303 g/mol. The predicted octanol–water partition coefficient (Wildman–Crippen LogP) is 6.64. The van der Waals surface area contributed by atoms with E-state index in [1.165, 1.54) is 69.8 Å². The van der Waals surface area contributed by atoms with Crippen LogP contribution in [-0.4, -0.2) is 13.2 Å². The molecule has 0 atom stereocenters. The van der Waals surface area contributed by atoms with Gasteiger partial charge >= 0.3 is 0 Å². The number of ether oxygens (including phenoxy) is 1. The summed E-state index contributed by atoms with van der Waals surface area (Å²) in [6.07, 6.45) is 18.0. The lowest BCUT2D eigenvalue weighted by atomic mass is 10.1. The molecule has 0 amide bonds. The molecule has 0 saturated heterocycles. The number of hydrogen-bond donors (Lipinski definition) is 0. The van der Waals surface area contributed by atoms with Gasteiger partial charge in [0.05, 0.1) is 6.61 Å². The summed E-state index contributed by atoms with van der Waals surface area (Å²) >= 11 is 0. The molecule has 0 aromatic heterocycles. The lowest BCUT2D eigenvalue weighted by Crippen LogP contribution is -1.94. The van der Waals surface area contributed by atoms with Gasteiger partial charge in [0.2, 0.25) is 0 Å². The van der Waals surface area contributed by atoms with Gasteiger partial charge in [-0.15, -0.1) is 0 Å². The summed E-state index contributed by atoms with van der Waals surface area (Å²) in [5, 5.41) is 0. The Morgan fingerprint density at radius 2 is 1.36 bits per heavy atom.